The molecule has 1 aliphatic rings. The van der Waals surface area contributed by atoms with Crippen LogP contribution >= 0.6 is 0 Å². The summed E-state index contributed by atoms with van der Waals surface area (Å²) in [5, 5.41) is 10.3. The fraction of sp³-hybridized carbons (Fsp3) is 0.300. The van der Waals surface area contributed by atoms with Crippen LogP contribution in [-0.2, 0) is 11.2 Å². The van der Waals surface area contributed by atoms with Crippen molar-refractivity contribution >= 4 is 11.7 Å². The fourth-order valence-corrected chi connectivity index (χ4v) is 1.61. The molecule has 4 heteroatoms. The lowest BCUT2D eigenvalue weighted by Crippen LogP contribution is -2.39. The first-order valence-electron chi connectivity index (χ1n) is 4.57. The van der Waals surface area contributed by atoms with Gasteiger partial charge in [0.05, 0.1) is 5.69 Å². The minimum atomic E-state index is -0.808. The van der Waals surface area contributed by atoms with Crippen molar-refractivity contribution in [1.29, 1.82) is 0 Å². The largest absolute Gasteiger partial charge is 0.480 e. The molecule has 0 spiro atoms. The highest BCUT2D eigenvalue weighted by Crippen LogP contribution is 2.20. The lowest BCUT2D eigenvalue weighted by atomic mass is 10.1. The zero-order chi connectivity index (χ0) is 9.97. The zero-order valence-electron chi connectivity index (χ0n) is 7.73. The molecule has 1 aromatic rings. The molecule has 0 atom stereocenters. The van der Waals surface area contributed by atoms with E-state index in [1.807, 2.05) is 18.2 Å². The molecule has 2 N–H and O–H groups in total. The van der Waals surface area contributed by atoms with E-state index < -0.39 is 5.97 Å². The number of carboxylic acids is 1. The van der Waals surface area contributed by atoms with Crippen LogP contribution in [0.1, 0.15) is 5.56 Å². The third-order valence-corrected chi connectivity index (χ3v) is 2.27. The van der Waals surface area contributed by atoms with E-state index in [1.54, 1.807) is 5.01 Å². The number of carboxylic acid groups (broad SMARTS) is 1. The Morgan fingerprint density at radius 3 is 3.07 bits per heavy atom. The van der Waals surface area contributed by atoms with E-state index in [1.165, 1.54) is 5.56 Å². The van der Waals surface area contributed by atoms with Gasteiger partial charge in [0.25, 0.3) is 0 Å². The zero-order valence-corrected chi connectivity index (χ0v) is 7.73. The number of fused-ring (bicyclic) bond motifs is 1. The average Bonchev–Trinajstić information content (AvgIpc) is 2.17. The number of hydrogen-bond donors (Lipinski definition) is 2. The molecule has 1 aliphatic heterocycles. The Labute approximate surface area is 82.1 Å². The van der Waals surface area contributed by atoms with Gasteiger partial charge in [-0.15, -0.1) is 0 Å². The Kier molecular flexibility index (Phi) is 2.37. The molecule has 0 radical (unpaired) electrons. The first-order valence-corrected chi connectivity index (χ1v) is 4.57. The molecule has 0 saturated carbocycles. The number of nitrogens with zero attached hydrogens (tertiary/aromatic N) is 1. The van der Waals surface area contributed by atoms with Crippen LogP contribution in [0.3, 0.4) is 0 Å². The van der Waals surface area contributed by atoms with Crippen molar-refractivity contribution in [2.75, 3.05) is 18.5 Å². The van der Waals surface area contributed by atoms with Crippen molar-refractivity contribution < 1.29 is 9.90 Å². The highest BCUT2D eigenvalue weighted by molar-refractivity contribution is 5.69. The fourth-order valence-electron chi connectivity index (χ4n) is 1.61. The summed E-state index contributed by atoms with van der Waals surface area (Å²) in [6.45, 7) is 0.775. The summed E-state index contributed by atoms with van der Waals surface area (Å²) in [6.07, 6.45) is 0.899. The maximum atomic E-state index is 10.5. The van der Waals surface area contributed by atoms with Gasteiger partial charge in [0.15, 0.2) is 0 Å². The van der Waals surface area contributed by atoms with Crippen molar-refractivity contribution in [3.05, 3.63) is 29.8 Å². The quantitative estimate of drug-likeness (QED) is 0.732. The van der Waals surface area contributed by atoms with Crippen LogP contribution in [0.4, 0.5) is 5.69 Å². The maximum Gasteiger partial charge on any atom is 0.319 e. The summed E-state index contributed by atoms with van der Waals surface area (Å²) < 4.78 is 0. The number of rotatable bonds is 2. The summed E-state index contributed by atoms with van der Waals surface area (Å²) in [4.78, 5) is 10.5. The van der Waals surface area contributed by atoms with E-state index in [-0.39, 0.29) is 6.54 Å². The minimum Gasteiger partial charge on any atom is -0.480 e. The number of aliphatic carboxylic acids is 1. The first kappa shape index (κ1) is 9.02. The summed E-state index contributed by atoms with van der Waals surface area (Å²) >= 11 is 0. The van der Waals surface area contributed by atoms with Gasteiger partial charge in [-0.3, -0.25) is 4.79 Å². The molecule has 0 bridgehead atoms. The van der Waals surface area contributed by atoms with Gasteiger partial charge >= 0.3 is 5.97 Å². The van der Waals surface area contributed by atoms with Gasteiger partial charge in [0.1, 0.15) is 6.54 Å². The molecule has 0 fully saturated rings. The van der Waals surface area contributed by atoms with Crippen molar-refractivity contribution in [1.82, 2.24) is 5.01 Å². The van der Waals surface area contributed by atoms with Crippen LogP contribution in [0, 0.1) is 0 Å². The molecule has 0 aliphatic carbocycles. The SMILES string of the molecule is O=C(O)CN1CCc2ccccc2N1. The van der Waals surface area contributed by atoms with Crippen molar-refractivity contribution in [3.63, 3.8) is 0 Å². The first-order chi connectivity index (χ1) is 6.75. The highest BCUT2D eigenvalue weighted by atomic mass is 16.4. The van der Waals surface area contributed by atoms with E-state index >= 15 is 0 Å². The van der Waals surface area contributed by atoms with Crippen LogP contribution in [0.2, 0.25) is 0 Å². The molecule has 1 aromatic carbocycles. The number of anilines is 1. The van der Waals surface area contributed by atoms with Crippen molar-refractivity contribution in [2.45, 2.75) is 6.42 Å². The third-order valence-electron chi connectivity index (χ3n) is 2.27. The lowest BCUT2D eigenvalue weighted by molar-refractivity contribution is -0.138. The molecular formula is C10H12N2O2. The van der Waals surface area contributed by atoms with Gasteiger partial charge in [-0.2, -0.15) is 0 Å². The molecule has 0 unspecified atom stereocenters. The summed E-state index contributed by atoms with van der Waals surface area (Å²) in [6, 6.07) is 7.95. The van der Waals surface area contributed by atoms with Gasteiger partial charge in [-0.1, -0.05) is 18.2 Å². The Hall–Kier alpha value is -1.55. The number of benzene rings is 1. The predicted molar refractivity (Wildman–Crippen MR) is 53.0 cm³/mol. The van der Waals surface area contributed by atoms with Crippen molar-refractivity contribution in [2.24, 2.45) is 0 Å². The van der Waals surface area contributed by atoms with E-state index in [4.69, 9.17) is 5.11 Å². The van der Waals surface area contributed by atoms with Crippen molar-refractivity contribution in [3.8, 4) is 0 Å². The van der Waals surface area contributed by atoms with Gasteiger partial charge in [-0.05, 0) is 18.1 Å². The predicted octanol–water partition coefficient (Wildman–Crippen LogP) is 0.956. The van der Waals surface area contributed by atoms with Crippen LogP contribution in [0.15, 0.2) is 24.3 Å². The molecule has 0 amide bonds. The highest BCUT2D eigenvalue weighted by Gasteiger charge is 2.16. The third kappa shape index (κ3) is 1.85. The van der Waals surface area contributed by atoms with E-state index in [0.717, 1.165) is 18.7 Å². The van der Waals surface area contributed by atoms with Crippen LogP contribution in [0.5, 0.6) is 0 Å². The van der Waals surface area contributed by atoms with Crippen LogP contribution < -0.4 is 5.43 Å². The monoisotopic (exact) mass is 192 g/mol. The summed E-state index contributed by atoms with van der Waals surface area (Å²) in [7, 11) is 0. The van der Waals surface area contributed by atoms with E-state index in [2.05, 4.69) is 11.5 Å². The molecule has 0 aromatic heterocycles. The van der Waals surface area contributed by atoms with Gasteiger partial charge in [-0.25, -0.2) is 5.01 Å². The second-order valence-corrected chi connectivity index (χ2v) is 3.33. The van der Waals surface area contributed by atoms with E-state index in [0.29, 0.717) is 0 Å². The molecular weight excluding hydrogens is 180 g/mol. The number of hydrazine groups is 1. The normalized spacial score (nSPS) is 15.7. The molecule has 4 nitrogen and oxygen atoms in total. The second kappa shape index (κ2) is 3.67. The van der Waals surface area contributed by atoms with Crippen LogP contribution in [-0.4, -0.2) is 29.2 Å². The second-order valence-electron chi connectivity index (χ2n) is 3.33. The molecule has 14 heavy (non-hydrogen) atoms. The smallest absolute Gasteiger partial charge is 0.319 e. The Bertz CT molecular complexity index is 352. The number of nitrogens with one attached hydrogen (secondary N) is 1. The molecule has 1 heterocycles. The molecule has 2 rings (SSSR count). The van der Waals surface area contributed by atoms with Crippen LogP contribution in [0.25, 0.3) is 0 Å². The topological polar surface area (TPSA) is 52.6 Å². The molecule has 74 valence electrons. The molecule has 0 saturated heterocycles. The van der Waals surface area contributed by atoms with E-state index in [9.17, 15) is 4.79 Å². The summed E-state index contributed by atoms with van der Waals surface area (Å²) in [5.41, 5.74) is 5.34. The maximum absolute atomic E-state index is 10.5. The minimum absolute atomic E-state index is 0.0360. The average molecular weight is 192 g/mol. The van der Waals surface area contributed by atoms with Gasteiger partial charge in [0.2, 0.25) is 0 Å². The Balaban J connectivity index is 2.09. The number of hydrogen-bond acceptors (Lipinski definition) is 3. The Morgan fingerprint density at radius 1 is 1.50 bits per heavy atom. The number of carbonyl (C=O) groups is 1. The standard InChI is InChI=1S/C10H12N2O2/c13-10(14)7-12-6-5-8-3-1-2-4-9(8)11-12/h1-4,11H,5-7H2,(H,13,14). The Morgan fingerprint density at radius 2 is 2.29 bits per heavy atom. The number of para-hydroxylation sites is 1. The van der Waals surface area contributed by atoms with Gasteiger partial charge < -0.3 is 10.5 Å². The van der Waals surface area contributed by atoms with Gasteiger partial charge in [0, 0.05) is 6.54 Å². The summed E-state index contributed by atoms with van der Waals surface area (Å²) in [5.74, 6) is -0.808. The lowest BCUT2D eigenvalue weighted by Gasteiger charge is -2.28.